The first-order chi connectivity index (χ1) is 12.7. The number of hydrogen-bond donors (Lipinski definition) is 1. The van der Waals surface area contributed by atoms with E-state index in [1.54, 1.807) is 16.9 Å². The van der Waals surface area contributed by atoms with Crippen LogP contribution in [0.1, 0.15) is 50.5 Å². The van der Waals surface area contributed by atoms with Crippen LogP contribution < -0.4 is 5.32 Å². The average Bonchev–Trinajstić information content (AvgIpc) is 3.18. The summed E-state index contributed by atoms with van der Waals surface area (Å²) in [6.45, 7) is 2.38. The van der Waals surface area contributed by atoms with Crippen LogP contribution in [-0.2, 0) is 6.42 Å². The van der Waals surface area contributed by atoms with E-state index in [9.17, 15) is 4.79 Å². The first kappa shape index (κ1) is 17.6. The molecule has 140 valence electrons. The third-order valence-corrected chi connectivity index (χ3v) is 6.32. The quantitative estimate of drug-likeness (QED) is 0.890. The van der Waals surface area contributed by atoms with Gasteiger partial charge in [-0.05, 0) is 49.5 Å². The van der Waals surface area contributed by atoms with Crippen molar-refractivity contribution in [3.05, 3.63) is 29.2 Å². The standard InChI is InChI=1S/C19H26ClN5O/c20-16-13-23-25-14-15(12-22-17(16)25)4-9-21-18(26)24-10-3-7-19(8-11-24)5-1-2-6-19/h12-14H,1-11H2,(H,21,26). The van der Waals surface area contributed by atoms with Crippen LogP contribution in [0.25, 0.3) is 5.65 Å². The van der Waals surface area contributed by atoms with Gasteiger partial charge in [0.25, 0.3) is 0 Å². The lowest BCUT2D eigenvalue weighted by atomic mass is 9.79. The first-order valence-corrected chi connectivity index (χ1v) is 10.0. The predicted molar refractivity (Wildman–Crippen MR) is 101 cm³/mol. The fourth-order valence-corrected chi connectivity index (χ4v) is 4.70. The monoisotopic (exact) mass is 375 g/mol. The molecule has 1 saturated carbocycles. The number of amides is 2. The molecule has 1 aliphatic carbocycles. The summed E-state index contributed by atoms with van der Waals surface area (Å²) in [6, 6.07) is 0.0659. The summed E-state index contributed by atoms with van der Waals surface area (Å²) < 4.78 is 1.68. The summed E-state index contributed by atoms with van der Waals surface area (Å²) in [7, 11) is 0. The third kappa shape index (κ3) is 3.65. The highest BCUT2D eigenvalue weighted by Crippen LogP contribution is 2.46. The number of likely N-dealkylation sites (tertiary alicyclic amines) is 1. The van der Waals surface area contributed by atoms with Crippen molar-refractivity contribution in [2.24, 2.45) is 5.41 Å². The molecule has 1 spiro atoms. The molecule has 2 aromatic rings. The number of carbonyl (C=O) groups is 1. The summed E-state index contributed by atoms with van der Waals surface area (Å²) in [5.41, 5.74) is 2.21. The Hall–Kier alpha value is -1.82. The van der Waals surface area contributed by atoms with E-state index in [4.69, 9.17) is 11.6 Å². The maximum absolute atomic E-state index is 12.5. The summed E-state index contributed by atoms with van der Waals surface area (Å²) in [5.74, 6) is 0. The molecule has 6 nitrogen and oxygen atoms in total. The van der Waals surface area contributed by atoms with Gasteiger partial charge in [-0.3, -0.25) is 0 Å². The highest BCUT2D eigenvalue weighted by Gasteiger charge is 2.35. The molecule has 1 N–H and O–H groups in total. The SMILES string of the molecule is O=C(NCCc1cnc2c(Cl)cnn2c1)N1CCCC2(CCCC2)CC1. The van der Waals surface area contributed by atoms with Crippen LogP contribution in [0.4, 0.5) is 4.79 Å². The van der Waals surface area contributed by atoms with Gasteiger partial charge in [0.05, 0.1) is 6.20 Å². The van der Waals surface area contributed by atoms with Crippen molar-refractivity contribution in [2.45, 2.75) is 51.4 Å². The highest BCUT2D eigenvalue weighted by atomic mass is 35.5. The van der Waals surface area contributed by atoms with E-state index < -0.39 is 0 Å². The minimum absolute atomic E-state index is 0.0659. The maximum atomic E-state index is 12.5. The van der Waals surface area contributed by atoms with Gasteiger partial charge in [-0.15, -0.1) is 0 Å². The van der Waals surface area contributed by atoms with Crippen LogP contribution in [0.5, 0.6) is 0 Å². The Morgan fingerprint density at radius 1 is 1.15 bits per heavy atom. The molecule has 2 aliphatic rings. The van der Waals surface area contributed by atoms with E-state index in [2.05, 4.69) is 15.4 Å². The normalized spacial score (nSPS) is 19.8. The van der Waals surface area contributed by atoms with E-state index in [0.29, 0.717) is 22.6 Å². The van der Waals surface area contributed by atoms with Crippen LogP contribution in [0.2, 0.25) is 5.02 Å². The molecule has 26 heavy (non-hydrogen) atoms. The number of hydrogen-bond acceptors (Lipinski definition) is 3. The molecule has 0 atom stereocenters. The smallest absolute Gasteiger partial charge is 0.317 e. The molecule has 4 rings (SSSR count). The van der Waals surface area contributed by atoms with E-state index in [0.717, 1.165) is 31.5 Å². The summed E-state index contributed by atoms with van der Waals surface area (Å²) >= 11 is 6.01. The molecule has 7 heteroatoms. The first-order valence-electron chi connectivity index (χ1n) is 9.66. The van der Waals surface area contributed by atoms with Gasteiger partial charge in [-0.1, -0.05) is 24.4 Å². The number of aromatic nitrogens is 3. The zero-order valence-electron chi connectivity index (χ0n) is 15.1. The largest absolute Gasteiger partial charge is 0.338 e. The second-order valence-electron chi connectivity index (χ2n) is 7.75. The van der Waals surface area contributed by atoms with Crippen LogP contribution >= 0.6 is 11.6 Å². The van der Waals surface area contributed by atoms with Crippen molar-refractivity contribution in [3.63, 3.8) is 0 Å². The molecule has 0 aromatic carbocycles. The van der Waals surface area contributed by atoms with E-state index >= 15 is 0 Å². The van der Waals surface area contributed by atoms with E-state index in [1.165, 1.54) is 38.5 Å². The molecule has 1 saturated heterocycles. The van der Waals surface area contributed by atoms with Crippen molar-refractivity contribution in [1.82, 2.24) is 24.8 Å². The fraction of sp³-hybridized carbons (Fsp3) is 0.632. The molecule has 0 bridgehead atoms. The Morgan fingerprint density at radius 3 is 2.81 bits per heavy atom. The van der Waals surface area contributed by atoms with Crippen molar-refractivity contribution in [2.75, 3.05) is 19.6 Å². The zero-order valence-corrected chi connectivity index (χ0v) is 15.8. The number of fused-ring (bicyclic) bond motifs is 1. The van der Waals surface area contributed by atoms with Gasteiger partial charge in [0.15, 0.2) is 5.65 Å². The van der Waals surface area contributed by atoms with Crippen LogP contribution in [0.15, 0.2) is 18.6 Å². The molecule has 0 unspecified atom stereocenters. The molecule has 2 aromatic heterocycles. The Bertz CT molecular complexity index is 783. The highest BCUT2D eigenvalue weighted by molar-refractivity contribution is 6.33. The van der Waals surface area contributed by atoms with Crippen molar-refractivity contribution < 1.29 is 4.79 Å². The van der Waals surface area contributed by atoms with Gasteiger partial charge in [0.2, 0.25) is 0 Å². The number of carbonyl (C=O) groups excluding carboxylic acids is 1. The summed E-state index contributed by atoms with van der Waals surface area (Å²) in [6.07, 6.45) is 15.1. The lowest BCUT2D eigenvalue weighted by Gasteiger charge is -2.27. The fourth-order valence-electron chi connectivity index (χ4n) is 4.52. The summed E-state index contributed by atoms with van der Waals surface area (Å²) in [5, 5.41) is 7.78. The van der Waals surface area contributed by atoms with Crippen molar-refractivity contribution in [1.29, 1.82) is 0 Å². The minimum atomic E-state index is 0.0659. The van der Waals surface area contributed by atoms with Crippen LogP contribution in [0, 0.1) is 5.41 Å². The second kappa shape index (κ2) is 7.43. The number of rotatable bonds is 3. The molecular formula is C19H26ClN5O. The number of nitrogens with one attached hydrogen (secondary N) is 1. The van der Waals surface area contributed by atoms with Gasteiger partial charge < -0.3 is 10.2 Å². The summed E-state index contributed by atoms with van der Waals surface area (Å²) in [4.78, 5) is 18.9. The predicted octanol–water partition coefficient (Wildman–Crippen LogP) is 3.68. The lowest BCUT2D eigenvalue weighted by Crippen LogP contribution is -2.41. The Balaban J connectivity index is 1.28. The Labute approximate surface area is 158 Å². The molecule has 2 fully saturated rings. The number of nitrogens with zero attached hydrogens (tertiary/aromatic N) is 4. The van der Waals surface area contributed by atoms with E-state index in [-0.39, 0.29) is 6.03 Å². The van der Waals surface area contributed by atoms with Gasteiger partial charge >= 0.3 is 6.03 Å². The average molecular weight is 376 g/mol. The molecule has 2 amide bonds. The van der Waals surface area contributed by atoms with Crippen LogP contribution in [-0.4, -0.2) is 45.2 Å². The lowest BCUT2D eigenvalue weighted by molar-refractivity contribution is 0.195. The van der Waals surface area contributed by atoms with Gasteiger partial charge in [0, 0.05) is 32.0 Å². The molecular weight excluding hydrogens is 350 g/mol. The van der Waals surface area contributed by atoms with Gasteiger partial charge in [-0.2, -0.15) is 5.10 Å². The molecule has 0 radical (unpaired) electrons. The van der Waals surface area contributed by atoms with E-state index in [1.807, 2.05) is 11.1 Å². The third-order valence-electron chi connectivity index (χ3n) is 6.06. The topological polar surface area (TPSA) is 62.5 Å². The number of halogens is 1. The van der Waals surface area contributed by atoms with Gasteiger partial charge in [0.1, 0.15) is 5.02 Å². The molecule has 1 aliphatic heterocycles. The number of urea groups is 1. The molecule has 3 heterocycles. The van der Waals surface area contributed by atoms with Crippen LogP contribution in [0.3, 0.4) is 0 Å². The van der Waals surface area contributed by atoms with Crippen molar-refractivity contribution in [3.8, 4) is 0 Å². The van der Waals surface area contributed by atoms with Gasteiger partial charge in [-0.25, -0.2) is 14.3 Å². The van der Waals surface area contributed by atoms with Crippen molar-refractivity contribution >= 4 is 23.3 Å². The Kier molecular flexibility index (Phi) is 5.02. The second-order valence-corrected chi connectivity index (χ2v) is 8.16. The minimum Gasteiger partial charge on any atom is -0.338 e. The maximum Gasteiger partial charge on any atom is 0.317 e. The Morgan fingerprint density at radius 2 is 1.96 bits per heavy atom. The zero-order chi connectivity index (χ0) is 18.0.